The fourth-order valence-corrected chi connectivity index (χ4v) is 4.24. The summed E-state index contributed by atoms with van der Waals surface area (Å²) in [6.45, 7) is 10.1. The second-order valence-electron chi connectivity index (χ2n) is 10.2. The number of hydrogen-bond acceptors (Lipinski definition) is 7. The zero-order chi connectivity index (χ0) is 27.1. The van der Waals surface area contributed by atoms with Crippen LogP contribution in [0.5, 0.6) is 0 Å². The molecule has 2 rings (SSSR count). The van der Waals surface area contributed by atoms with Crippen LogP contribution >= 0.6 is 0 Å². The molecule has 0 fully saturated rings. The minimum absolute atomic E-state index is 0.119. The number of amides is 1. The van der Waals surface area contributed by atoms with Gasteiger partial charge in [-0.05, 0) is 84.4 Å². The predicted molar refractivity (Wildman–Crippen MR) is 136 cm³/mol. The average Bonchev–Trinajstić information content (AvgIpc) is 2.75. The molecule has 196 valence electrons. The van der Waals surface area contributed by atoms with Gasteiger partial charge in [0.2, 0.25) is 10.0 Å². The summed E-state index contributed by atoms with van der Waals surface area (Å²) >= 11 is 0. The van der Waals surface area contributed by atoms with E-state index in [-0.39, 0.29) is 23.6 Å². The van der Waals surface area contributed by atoms with Crippen LogP contribution in [-0.4, -0.2) is 43.5 Å². The van der Waals surface area contributed by atoms with Crippen LogP contribution in [0.1, 0.15) is 64.7 Å². The molecule has 36 heavy (non-hydrogen) atoms. The van der Waals surface area contributed by atoms with Crippen LogP contribution in [0.4, 0.5) is 5.69 Å². The SMILES string of the molecule is CC(C)(C)OC(=O)CCC(NS(=O)(=O)c1ccc(NC(=O)c2ccccc2)cc1)C(=O)OC(C)(C)C. The lowest BCUT2D eigenvalue weighted by Crippen LogP contribution is -2.44. The molecule has 1 amide bonds. The molecule has 10 heteroatoms. The van der Waals surface area contributed by atoms with E-state index in [0.717, 1.165) is 0 Å². The van der Waals surface area contributed by atoms with Crippen molar-refractivity contribution in [1.82, 2.24) is 4.72 Å². The van der Waals surface area contributed by atoms with Gasteiger partial charge in [-0.1, -0.05) is 18.2 Å². The van der Waals surface area contributed by atoms with Crippen molar-refractivity contribution in [3.05, 3.63) is 60.2 Å². The minimum atomic E-state index is -4.16. The molecule has 0 spiro atoms. The molecule has 2 aromatic carbocycles. The number of benzene rings is 2. The van der Waals surface area contributed by atoms with Gasteiger partial charge in [0.15, 0.2) is 0 Å². The van der Waals surface area contributed by atoms with E-state index in [1.807, 2.05) is 0 Å². The van der Waals surface area contributed by atoms with Gasteiger partial charge in [0.05, 0.1) is 4.90 Å². The first kappa shape index (κ1) is 29.0. The van der Waals surface area contributed by atoms with Crippen LogP contribution in [-0.2, 0) is 29.1 Å². The van der Waals surface area contributed by atoms with E-state index in [1.165, 1.54) is 24.3 Å². The third kappa shape index (κ3) is 9.79. The third-order valence-electron chi connectivity index (χ3n) is 4.50. The van der Waals surface area contributed by atoms with Crippen molar-refractivity contribution in [1.29, 1.82) is 0 Å². The molecular weight excluding hydrogens is 484 g/mol. The summed E-state index contributed by atoms with van der Waals surface area (Å²) in [6, 6.07) is 12.8. The molecule has 2 aromatic rings. The van der Waals surface area contributed by atoms with Gasteiger partial charge >= 0.3 is 11.9 Å². The van der Waals surface area contributed by atoms with Crippen molar-refractivity contribution in [3.63, 3.8) is 0 Å². The highest BCUT2D eigenvalue weighted by molar-refractivity contribution is 7.89. The van der Waals surface area contributed by atoms with Crippen molar-refractivity contribution in [2.75, 3.05) is 5.32 Å². The largest absolute Gasteiger partial charge is 0.460 e. The highest BCUT2D eigenvalue weighted by Crippen LogP contribution is 2.18. The first-order chi connectivity index (χ1) is 16.6. The Balaban J connectivity index is 2.15. The highest BCUT2D eigenvalue weighted by atomic mass is 32.2. The van der Waals surface area contributed by atoms with E-state index >= 15 is 0 Å². The molecule has 0 heterocycles. The molecule has 0 aromatic heterocycles. The van der Waals surface area contributed by atoms with Gasteiger partial charge in [0.25, 0.3) is 5.91 Å². The monoisotopic (exact) mass is 518 g/mol. The maximum absolute atomic E-state index is 13.0. The summed E-state index contributed by atoms with van der Waals surface area (Å²) in [6.07, 6.45) is -0.331. The number of sulfonamides is 1. The first-order valence-corrected chi connectivity index (χ1v) is 13.0. The summed E-state index contributed by atoms with van der Waals surface area (Å²) in [5.41, 5.74) is -0.710. The van der Waals surface area contributed by atoms with E-state index < -0.39 is 39.2 Å². The third-order valence-corrected chi connectivity index (χ3v) is 5.99. The van der Waals surface area contributed by atoms with Crippen LogP contribution in [0.15, 0.2) is 59.5 Å². The zero-order valence-electron chi connectivity index (χ0n) is 21.5. The van der Waals surface area contributed by atoms with Gasteiger partial charge in [-0.25, -0.2) is 8.42 Å². The second kappa shape index (κ2) is 11.7. The lowest BCUT2D eigenvalue weighted by molar-refractivity contribution is -0.158. The average molecular weight is 519 g/mol. The number of nitrogens with one attached hydrogen (secondary N) is 2. The fraction of sp³-hybridized carbons (Fsp3) is 0.423. The number of anilines is 1. The van der Waals surface area contributed by atoms with E-state index in [9.17, 15) is 22.8 Å². The number of ether oxygens (including phenoxy) is 2. The van der Waals surface area contributed by atoms with Crippen molar-refractivity contribution in [3.8, 4) is 0 Å². The van der Waals surface area contributed by atoms with Crippen molar-refractivity contribution in [2.45, 2.75) is 76.5 Å². The van der Waals surface area contributed by atoms with Crippen molar-refractivity contribution >= 4 is 33.6 Å². The second-order valence-corrected chi connectivity index (χ2v) is 11.9. The minimum Gasteiger partial charge on any atom is -0.460 e. The van der Waals surface area contributed by atoms with Crippen molar-refractivity contribution in [2.24, 2.45) is 0 Å². The van der Waals surface area contributed by atoms with Crippen molar-refractivity contribution < 1.29 is 32.3 Å². The number of carbonyl (C=O) groups excluding carboxylic acids is 3. The van der Waals surface area contributed by atoms with Crippen LogP contribution in [0, 0.1) is 0 Å². The number of carbonyl (C=O) groups is 3. The Hall–Kier alpha value is -3.24. The van der Waals surface area contributed by atoms with Gasteiger partial charge in [0, 0.05) is 17.7 Å². The topological polar surface area (TPSA) is 128 Å². The molecular formula is C26H34N2O7S. The van der Waals surface area contributed by atoms with Gasteiger partial charge in [-0.15, -0.1) is 0 Å². The Kier molecular flexibility index (Phi) is 9.39. The number of hydrogen-bond donors (Lipinski definition) is 2. The molecule has 0 aliphatic rings. The van der Waals surface area contributed by atoms with E-state index in [1.54, 1.807) is 71.9 Å². The summed E-state index contributed by atoms with van der Waals surface area (Å²) < 4.78 is 39.0. The molecule has 0 aliphatic carbocycles. The molecule has 0 aliphatic heterocycles. The Morgan fingerprint density at radius 1 is 0.833 bits per heavy atom. The summed E-state index contributed by atoms with van der Waals surface area (Å²) in [5, 5.41) is 2.69. The van der Waals surface area contributed by atoms with Crippen LogP contribution in [0.25, 0.3) is 0 Å². The lowest BCUT2D eigenvalue weighted by atomic mass is 10.1. The molecule has 2 N–H and O–H groups in total. The van der Waals surface area contributed by atoms with Crippen LogP contribution in [0.3, 0.4) is 0 Å². The first-order valence-electron chi connectivity index (χ1n) is 11.5. The Morgan fingerprint density at radius 3 is 1.92 bits per heavy atom. The number of rotatable bonds is 9. The standard InChI is InChI=1S/C26H34N2O7S/c1-25(2,3)34-22(29)17-16-21(24(31)35-26(4,5)6)28-36(32,33)20-14-12-19(13-15-20)27-23(30)18-10-8-7-9-11-18/h7-15,21,28H,16-17H2,1-6H3,(H,27,30). The Labute approximate surface area is 212 Å². The maximum Gasteiger partial charge on any atom is 0.324 e. The van der Waals surface area contributed by atoms with Gasteiger partial charge in [-0.2, -0.15) is 4.72 Å². The maximum atomic E-state index is 13.0. The van der Waals surface area contributed by atoms with Gasteiger partial charge in [0.1, 0.15) is 17.2 Å². The molecule has 1 unspecified atom stereocenters. The summed E-state index contributed by atoms with van der Waals surface area (Å²) in [5.74, 6) is -1.70. The van der Waals surface area contributed by atoms with E-state index in [0.29, 0.717) is 11.3 Å². The van der Waals surface area contributed by atoms with E-state index in [4.69, 9.17) is 9.47 Å². The highest BCUT2D eigenvalue weighted by Gasteiger charge is 2.31. The quantitative estimate of drug-likeness (QED) is 0.479. The normalized spacial score (nSPS) is 12.9. The molecule has 0 saturated carbocycles. The molecule has 0 bridgehead atoms. The lowest BCUT2D eigenvalue weighted by Gasteiger charge is -2.25. The van der Waals surface area contributed by atoms with E-state index in [2.05, 4.69) is 10.0 Å². The molecule has 9 nitrogen and oxygen atoms in total. The fourth-order valence-electron chi connectivity index (χ4n) is 3.02. The summed E-state index contributed by atoms with van der Waals surface area (Å²) in [7, 11) is -4.16. The zero-order valence-corrected chi connectivity index (χ0v) is 22.3. The Morgan fingerprint density at radius 2 is 1.39 bits per heavy atom. The summed E-state index contributed by atoms with van der Waals surface area (Å²) in [4.78, 5) is 37.1. The molecule has 0 saturated heterocycles. The van der Waals surface area contributed by atoms with Crippen LogP contribution < -0.4 is 10.0 Å². The predicted octanol–water partition coefficient (Wildman–Crippen LogP) is 4.05. The Bertz CT molecular complexity index is 1160. The molecule has 0 radical (unpaired) electrons. The molecule has 1 atom stereocenters. The number of esters is 2. The smallest absolute Gasteiger partial charge is 0.324 e. The van der Waals surface area contributed by atoms with Crippen LogP contribution in [0.2, 0.25) is 0 Å². The van der Waals surface area contributed by atoms with Gasteiger partial charge < -0.3 is 14.8 Å². The van der Waals surface area contributed by atoms with Gasteiger partial charge in [-0.3, -0.25) is 14.4 Å².